The van der Waals surface area contributed by atoms with Gasteiger partial charge in [0.05, 0.1) is 6.61 Å². The number of ether oxygens (including phenoxy) is 1. The lowest BCUT2D eigenvalue weighted by molar-refractivity contribution is -0.137. The minimum Gasteiger partial charge on any atom is -0.463 e. The van der Waals surface area contributed by atoms with E-state index >= 15 is 0 Å². The molecule has 0 saturated heterocycles. The van der Waals surface area contributed by atoms with Gasteiger partial charge in [0.1, 0.15) is 0 Å². The summed E-state index contributed by atoms with van der Waals surface area (Å²) in [6, 6.07) is 0. The van der Waals surface area contributed by atoms with Crippen LogP contribution in [0.1, 0.15) is 40.0 Å². The Morgan fingerprint density at radius 2 is 1.88 bits per heavy atom. The second kappa shape index (κ2) is 10.7. The predicted molar refractivity (Wildman–Crippen MR) is 67.4 cm³/mol. The summed E-state index contributed by atoms with van der Waals surface area (Å²) in [4.78, 5) is 13.4. The van der Waals surface area contributed by atoms with Crippen molar-refractivity contribution >= 4 is 5.97 Å². The van der Waals surface area contributed by atoms with Crippen LogP contribution in [0, 0.1) is 0 Å². The molecule has 0 aromatic carbocycles. The van der Waals surface area contributed by atoms with Crippen LogP contribution in [0.3, 0.4) is 0 Å². The fourth-order valence-corrected chi connectivity index (χ4v) is 1.51. The smallest absolute Gasteiger partial charge is 0.330 e. The zero-order valence-corrected chi connectivity index (χ0v) is 10.9. The van der Waals surface area contributed by atoms with Crippen LogP contribution in [-0.4, -0.2) is 37.1 Å². The second-order valence-electron chi connectivity index (χ2n) is 3.76. The number of hydrogen-bond acceptors (Lipinski definition) is 3. The molecular formula is C13H25NO2. The first-order valence-corrected chi connectivity index (χ1v) is 6.26. The van der Waals surface area contributed by atoms with Gasteiger partial charge in [0.2, 0.25) is 0 Å². The fraction of sp³-hybridized carbons (Fsp3) is 0.769. The van der Waals surface area contributed by atoms with Crippen molar-refractivity contribution in [1.82, 2.24) is 4.90 Å². The van der Waals surface area contributed by atoms with Crippen molar-refractivity contribution in [2.24, 2.45) is 0 Å². The van der Waals surface area contributed by atoms with Gasteiger partial charge in [-0.05, 0) is 45.8 Å². The van der Waals surface area contributed by atoms with Crippen molar-refractivity contribution in [3.05, 3.63) is 12.2 Å². The maximum atomic E-state index is 11.0. The number of nitrogens with zero attached hydrogens (tertiary/aromatic N) is 1. The topological polar surface area (TPSA) is 29.5 Å². The number of allylic oxidation sites excluding steroid dienone is 1. The minimum absolute atomic E-state index is 0.230. The molecule has 94 valence electrons. The summed E-state index contributed by atoms with van der Waals surface area (Å²) in [6.45, 7) is 10.1. The van der Waals surface area contributed by atoms with Crippen LogP contribution in [-0.2, 0) is 9.53 Å². The number of hydrogen-bond donors (Lipinski definition) is 0. The van der Waals surface area contributed by atoms with E-state index in [0.717, 1.165) is 32.5 Å². The van der Waals surface area contributed by atoms with Gasteiger partial charge >= 0.3 is 5.97 Å². The molecule has 3 nitrogen and oxygen atoms in total. The Kier molecular flexibility index (Phi) is 10.1. The van der Waals surface area contributed by atoms with Crippen LogP contribution >= 0.6 is 0 Å². The van der Waals surface area contributed by atoms with Gasteiger partial charge in [0, 0.05) is 6.08 Å². The number of rotatable bonds is 9. The Bertz CT molecular complexity index is 198. The van der Waals surface area contributed by atoms with Crippen molar-refractivity contribution in [2.75, 3.05) is 26.2 Å². The number of carbonyl (C=O) groups excluding carboxylic acids is 1. The van der Waals surface area contributed by atoms with E-state index in [1.807, 2.05) is 6.92 Å². The first-order chi connectivity index (χ1) is 7.74. The molecule has 0 bridgehead atoms. The van der Waals surface area contributed by atoms with E-state index in [1.54, 1.807) is 6.08 Å². The Hall–Kier alpha value is -0.830. The molecule has 0 saturated carbocycles. The number of esters is 1. The van der Waals surface area contributed by atoms with Gasteiger partial charge in [0.25, 0.3) is 0 Å². The number of unbranched alkanes of at least 4 members (excludes halogenated alkanes) is 2. The van der Waals surface area contributed by atoms with Crippen molar-refractivity contribution in [1.29, 1.82) is 0 Å². The Balaban J connectivity index is 3.30. The van der Waals surface area contributed by atoms with Gasteiger partial charge in [-0.25, -0.2) is 4.79 Å². The summed E-state index contributed by atoms with van der Waals surface area (Å²) in [5.41, 5.74) is 0. The molecule has 0 atom stereocenters. The third-order valence-electron chi connectivity index (χ3n) is 2.56. The monoisotopic (exact) mass is 227 g/mol. The molecule has 0 aliphatic carbocycles. The Morgan fingerprint density at radius 1 is 1.19 bits per heavy atom. The highest BCUT2D eigenvalue weighted by molar-refractivity contribution is 5.81. The van der Waals surface area contributed by atoms with Crippen LogP contribution in [0.25, 0.3) is 0 Å². The van der Waals surface area contributed by atoms with E-state index in [4.69, 9.17) is 4.74 Å². The Labute approximate surface area is 99.5 Å². The summed E-state index contributed by atoms with van der Waals surface area (Å²) < 4.78 is 5.00. The highest BCUT2D eigenvalue weighted by Crippen LogP contribution is 1.99. The molecule has 0 N–H and O–H groups in total. The van der Waals surface area contributed by atoms with Crippen LogP contribution in [0.5, 0.6) is 0 Å². The molecular weight excluding hydrogens is 202 g/mol. The summed E-state index contributed by atoms with van der Waals surface area (Å²) in [7, 11) is 0. The van der Waals surface area contributed by atoms with Gasteiger partial charge in [-0.15, -0.1) is 0 Å². The molecule has 0 aromatic heterocycles. The van der Waals surface area contributed by atoms with E-state index in [1.165, 1.54) is 12.5 Å². The van der Waals surface area contributed by atoms with Gasteiger partial charge < -0.3 is 9.64 Å². The maximum Gasteiger partial charge on any atom is 0.330 e. The second-order valence-corrected chi connectivity index (χ2v) is 3.76. The largest absolute Gasteiger partial charge is 0.463 e. The van der Waals surface area contributed by atoms with Crippen LogP contribution in [0.4, 0.5) is 0 Å². The molecule has 0 spiro atoms. The lowest BCUT2D eigenvalue weighted by atomic mass is 10.2. The lowest BCUT2D eigenvalue weighted by Crippen LogP contribution is -2.23. The summed E-state index contributed by atoms with van der Waals surface area (Å²) in [6.07, 6.45) is 6.42. The molecule has 0 unspecified atom stereocenters. The molecule has 16 heavy (non-hydrogen) atoms. The van der Waals surface area contributed by atoms with Crippen LogP contribution in [0.2, 0.25) is 0 Å². The van der Waals surface area contributed by atoms with Crippen molar-refractivity contribution in [3.8, 4) is 0 Å². The average molecular weight is 227 g/mol. The van der Waals surface area contributed by atoms with Crippen LogP contribution in [0.15, 0.2) is 12.2 Å². The summed E-state index contributed by atoms with van der Waals surface area (Å²) in [5.74, 6) is -0.230. The standard InChI is InChI=1S/C13H25NO2/c1-4-10-13(15)16-12-9-7-8-11-14(5-2)6-3/h4,10H,5-9,11-12H2,1-3H3/b10-4+. The lowest BCUT2D eigenvalue weighted by Gasteiger charge is -2.17. The van der Waals surface area contributed by atoms with Crippen molar-refractivity contribution in [3.63, 3.8) is 0 Å². The molecule has 0 aromatic rings. The first kappa shape index (κ1) is 15.2. The minimum atomic E-state index is -0.230. The zero-order valence-electron chi connectivity index (χ0n) is 10.9. The number of carbonyl (C=O) groups is 1. The quantitative estimate of drug-likeness (QED) is 0.344. The highest BCUT2D eigenvalue weighted by atomic mass is 16.5. The van der Waals surface area contributed by atoms with Crippen molar-refractivity contribution in [2.45, 2.75) is 40.0 Å². The maximum absolute atomic E-state index is 11.0. The molecule has 0 aliphatic rings. The predicted octanol–water partition coefficient (Wildman–Crippen LogP) is 2.62. The SMILES string of the molecule is C/C=C/C(=O)OCCCCCN(CC)CC. The average Bonchev–Trinajstić information content (AvgIpc) is 2.29. The molecule has 0 aliphatic heterocycles. The summed E-state index contributed by atoms with van der Waals surface area (Å²) in [5, 5.41) is 0. The van der Waals surface area contributed by atoms with Gasteiger partial charge in [-0.1, -0.05) is 19.9 Å². The Morgan fingerprint density at radius 3 is 2.44 bits per heavy atom. The molecule has 3 heteroatoms. The normalized spacial score (nSPS) is 11.2. The first-order valence-electron chi connectivity index (χ1n) is 6.26. The molecule has 0 amide bonds. The van der Waals surface area contributed by atoms with Crippen LogP contribution < -0.4 is 0 Å². The van der Waals surface area contributed by atoms with E-state index in [-0.39, 0.29) is 5.97 Å². The molecule has 0 radical (unpaired) electrons. The zero-order chi connectivity index (χ0) is 12.2. The highest BCUT2D eigenvalue weighted by Gasteiger charge is 1.99. The van der Waals surface area contributed by atoms with Gasteiger partial charge in [0.15, 0.2) is 0 Å². The third-order valence-corrected chi connectivity index (χ3v) is 2.56. The fourth-order valence-electron chi connectivity index (χ4n) is 1.51. The van der Waals surface area contributed by atoms with E-state index in [0.29, 0.717) is 6.61 Å². The van der Waals surface area contributed by atoms with E-state index in [2.05, 4.69) is 18.7 Å². The van der Waals surface area contributed by atoms with Crippen molar-refractivity contribution < 1.29 is 9.53 Å². The van der Waals surface area contributed by atoms with Gasteiger partial charge in [-0.3, -0.25) is 0 Å². The summed E-state index contributed by atoms with van der Waals surface area (Å²) >= 11 is 0. The van der Waals surface area contributed by atoms with E-state index < -0.39 is 0 Å². The van der Waals surface area contributed by atoms with E-state index in [9.17, 15) is 4.79 Å². The molecule has 0 rings (SSSR count). The third kappa shape index (κ3) is 8.48. The molecule has 0 heterocycles. The van der Waals surface area contributed by atoms with Gasteiger partial charge in [-0.2, -0.15) is 0 Å². The molecule has 0 fully saturated rings.